The largest absolute Gasteiger partial charge is 0.478 e. The standard InChI is InChI=1S/C15H13ClN2O3/c1-8-2-5-13(10(6-8)15(20)21)18-14(19)9-3-4-12(17)11(16)7-9/h2-7H,17H2,1H3,(H,18,19)(H,20,21). The van der Waals surface area contributed by atoms with E-state index in [0.717, 1.165) is 5.56 Å². The summed E-state index contributed by atoms with van der Waals surface area (Å²) >= 11 is 5.86. The average molecular weight is 305 g/mol. The van der Waals surface area contributed by atoms with Crippen LogP contribution in [0.4, 0.5) is 11.4 Å². The number of halogens is 1. The van der Waals surface area contributed by atoms with E-state index < -0.39 is 11.9 Å². The van der Waals surface area contributed by atoms with Gasteiger partial charge in [0.15, 0.2) is 0 Å². The Morgan fingerprint density at radius 2 is 1.90 bits per heavy atom. The molecular formula is C15H13ClN2O3. The Hall–Kier alpha value is -2.53. The van der Waals surface area contributed by atoms with Crippen molar-refractivity contribution in [1.82, 2.24) is 0 Å². The number of hydrogen-bond acceptors (Lipinski definition) is 3. The summed E-state index contributed by atoms with van der Waals surface area (Å²) in [5.74, 6) is -1.56. The minimum atomic E-state index is -1.11. The highest BCUT2D eigenvalue weighted by Crippen LogP contribution is 2.22. The van der Waals surface area contributed by atoms with Crippen molar-refractivity contribution in [2.75, 3.05) is 11.1 Å². The SMILES string of the molecule is Cc1ccc(NC(=O)c2ccc(N)c(Cl)c2)c(C(=O)O)c1. The third-order valence-corrected chi connectivity index (χ3v) is 3.24. The molecule has 2 aromatic carbocycles. The molecule has 0 aliphatic heterocycles. The van der Waals surface area contributed by atoms with Crippen LogP contribution in [0.15, 0.2) is 36.4 Å². The summed E-state index contributed by atoms with van der Waals surface area (Å²) < 4.78 is 0. The number of nitrogens with two attached hydrogens (primary N) is 1. The molecular weight excluding hydrogens is 292 g/mol. The Morgan fingerprint density at radius 3 is 2.52 bits per heavy atom. The molecule has 5 nitrogen and oxygen atoms in total. The van der Waals surface area contributed by atoms with Crippen molar-refractivity contribution in [3.8, 4) is 0 Å². The molecule has 0 heterocycles. The highest BCUT2D eigenvalue weighted by Gasteiger charge is 2.14. The molecule has 0 unspecified atom stereocenters. The predicted molar refractivity (Wildman–Crippen MR) is 82.0 cm³/mol. The molecule has 0 saturated carbocycles. The Morgan fingerprint density at radius 1 is 1.19 bits per heavy atom. The number of rotatable bonds is 3. The normalized spacial score (nSPS) is 10.2. The fourth-order valence-electron chi connectivity index (χ4n) is 1.81. The molecule has 2 aromatic rings. The van der Waals surface area contributed by atoms with Crippen molar-refractivity contribution in [1.29, 1.82) is 0 Å². The van der Waals surface area contributed by atoms with Crippen molar-refractivity contribution in [3.05, 3.63) is 58.1 Å². The third-order valence-electron chi connectivity index (χ3n) is 2.92. The molecule has 0 aliphatic carbocycles. The number of carbonyl (C=O) groups excluding carboxylic acids is 1. The number of benzene rings is 2. The fourth-order valence-corrected chi connectivity index (χ4v) is 1.99. The van der Waals surface area contributed by atoms with Crippen LogP contribution in [0, 0.1) is 6.92 Å². The molecule has 6 heteroatoms. The number of carboxylic acid groups (broad SMARTS) is 1. The molecule has 0 saturated heterocycles. The summed E-state index contributed by atoms with van der Waals surface area (Å²) in [6.07, 6.45) is 0. The maximum atomic E-state index is 12.1. The van der Waals surface area contributed by atoms with Crippen molar-refractivity contribution >= 4 is 34.9 Å². The number of anilines is 2. The zero-order valence-corrected chi connectivity index (χ0v) is 11.9. The first-order valence-electron chi connectivity index (χ1n) is 6.09. The van der Waals surface area contributed by atoms with E-state index in [1.807, 2.05) is 0 Å². The lowest BCUT2D eigenvalue weighted by atomic mass is 10.1. The van der Waals surface area contributed by atoms with Gasteiger partial charge >= 0.3 is 5.97 Å². The first kappa shape index (κ1) is 14.9. The molecule has 0 aliphatic rings. The molecule has 0 radical (unpaired) electrons. The second-order valence-electron chi connectivity index (χ2n) is 4.54. The van der Waals surface area contributed by atoms with Gasteiger partial charge in [0.2, 0.25) is 0 Å². The number of carboxylic acids is 1. The summed E-state index contributed by atoms with van der Waals surface area (Å²) in [4.78, 5) is 23.3. The number of amides is 1. The van der Waals surface area contributed by atoms with Gasteiger partial charge in [0.1, 0.15) is 0 Å². The van der Waals surface area contributed by atoms with E-state index in [-0.39, 0.29) is 16.3 Å². The van der Waals surface area contributed by atoms with Crippen molar-refractivity contribution in [2.45, 2.75) is 6.92 Å². The predicted octanol–water partition coefficient (Wildman–Crippen LogP) is 3.18. The van der Waals surface area contributed by atoms with Gasteiger partial charge in [-0.2, -0.15) is 0 Å². The molecule has 0 spiro atoms. The smallest absolute Gasteiger partial charge is 0.337 e. The number of nitrogens with one attached hydrogen (secondary N) is 1. The minimum absolute atomic E-state index is 0.0323. The van der Waals surface area contributed by atoms with Crippen LogP contribution in [0.2, 0.25) is 5.02 Å². The summed E-state index contributed by atoms with van der Waals surface area (Å²) in [7, 11) is 0. The van der Waals surface area contributed by atoms with E-state index in [0.29, 0.717) is 11.3 Å². The quantitative estimate of drug-likeness (QED) is 0.759. The Labute approximate surface area is 126 Å². The van der Waals surface area contributed by atoms with Gasteiger partial charge in [-0.25, -0.2) is 4.79 Å². The average Bonchev–Trinajstić information content (AvgIpc) is 2.43. The highest BCUT2D eigenvalue weighted by atomic mass is 35.5. The van der Waals surface area contributed by atoms with E-state index in [1.165, 1.54) is 24.3 Å². The monoisotopic (exact) mass is 304 g/mol. The van der Waals surface area contributed by atoms with Crippen LogP contribution in [0.1, 0.15) is 26.3 Å². The lowest BCUT2D eigenvalue weighted by Gasteiger charge is -2.10. The molecule has 21 heavy (non-hydrogen) atoms. The van der Waals surface area contributed by atoms with Gasteiger partial charge in [-0.15, -0.1) is 0 Å². The van der Waals surface area contributed by atoms with Gasteiger partial charge in [-0.3, -0.25) is 4.79 Å². The zero-order chi connectivity index (χ0) is 15.6. The zero-order valence-electron chi connectivity index (χ0n) is 11.2. The Balaban J connectivity index is 2.31. The maximum absolute atomic E-state index is 12.1. The van der Waals surface area contributed by atoms with Crippen LogP contribution >= 0.6 is 11.6 Å². The molecule has 0 bridgehead atoms. The van der Waals surface area contributed by atoms with E-state index in [4.69, 9.17) is 22.4 Å². The van der Waals surface area contributed by atoms with Crippen LogP contribution in [0.25, 0.3) is 0 Å². The summed E-state index contributed by atoms with van der Waals surface area (Å²) in [5.41, 5.74) is 7.30. The molecule has 108 valence electrons. The van der Waals surface area contributed by atoms with Crippen LogP contribution < -0.4 is 11.1 Å². The highest BCUT2D eigenvalue weighted by molar-refractivity contribution is 6.33. The fraction of sp³-hybridized carbons (Fsp3) is 0.0667. The van der Waals surface area contributed by atoms with Crippen LogP contribution in [-0.4, -0.2) is 17.0 Å². The second-order valence-corrected chi connectivity index (χ2v) is 4.95. The topological polar surface area (TPSA) is 92.4 Å². The molecule has 2 rings (SSSR count). The van der Waals surface area contributed by atoms with Crippen molar-refractivity contribution in [2.24, 2.45) is 0 Å². The molecule has 0 aromatic heterocycles. The van der Waals surface area contributed by atoms with Gasteiger partial charge in [-0.1, -0.05) is 23.2 Å². The lowest BCUT2D eigenvalue weighted by molar-refractivity contribution is 0.0698. The summed E-state index contributed by atoms with van der Waals surface area (Å²) in [6, 6.07) is 9.23. The van der Waals surface area contributed by atoms with Crippen LogP contribution in [-0.2, 0) is 0 Å². The third kappa shape index (κ3) is 3.32. The number of aryl methyl sites for hydroxylation is 1. The summed E-state index contributed by atoms with van der Waals surface area (Å²) in [5, 5.41) is 12.0. The van der Waals surface area contributed by atoms with E-state index in [2.05, 4.69) is 5.32 Å². The number of aromatic carboxylic acids is 1. The molecule has 4 N–H and O–H groups in total. The van der Waals surface area contributed by atoms with E-state index in [1.54, 1.807) is 19.1 Å². The maximum Gasteiger partial charge on any atom is 0.337 e. The number of hydrogen-bond donors (Lipinski definition) is 3. The number of nitrogen functional groups attached to an aromatic ring is 1. The van der Waals surface area contributed by atoms with Crippen molar-refractivity contribution in [3.63, 3.8) is 0 Å². The molecule has 1 amide bonds. The first-order valence-corrected chi connectivity index (χ1v) is 6.46. The van der Waals surface area contributed by atoms with Gasteiger partial charge in [0, 0.05) is 5.56 Å². The Bertz CT molecular complexity index is 729. The van der Waals surface area contributed by atoms with E-state index in [9.17, 15) is 9.59 Å². The first-order chi connectivity index (χ1) is 9.88. The Kier molecular flexibility index (Phi) is 4.14. The summed E-state index contributed by atoms with van der Waals surface area (Å²) in [6.45, 7) is 1.78. The van der Waals surface area contributed by atoms with E-state index >= 15 is 0 Å². The van der Waals surface area contributed by atoms with Crippen LogP contribution in [0.3, 0.4) is 0 Å². The van der Waals surface area contributed by atoms with Gasteiger partial charge in [0.05, 0.1) is 22.0 Å². The van der Waals surface area contributed by atoms with Gasteiger partial charge in [0.25, 0.3) is 5.91 Å². The van der Waals surface area contributed by atoms with Crippen LogP contribution in [0.5, 0.6) is 0 Å². The molecule has 0 atom stereocenters. The van der Waals surface area contributed by atoms with Gasteiger partial charge in [-0.05, 0) is 37.3 Å². The molecule has 0 fully saturated rings. The van der Waals surface area contributed by atoms with Gasteiger partial charge < -0.3 is 16.2 Å². The van der Waals surface area contributed by atoms with Crippen molar-refractivity contribution < 1.29 is 14.7 Å². The minimum Gasteiger partial charge on any atom is -0.478 e. The lowest BCUT2D eigenvalue weighted by Crippen LogP contribution is -2.15. The number of carbonyl (C=O) groups is 2. The second kappa shape index (κ2) is 5.85.